The van der Waals surface area contributed by atoms with Gasteiger partial charge in [-0.25, -0.2) is 10.9 Å². The minimum Gasteiger partial charge on any atom is -0.346 e. The van der Waals surface area contributed by atoms with Crippen LogP contribution in [0.25, 0.3) is 0 Å². The highest BCUT2D eigenvalue weighted by Gasteiger charge is 2.18. The molecular formula is C8H14N4O3. The molecule has 84 valence electrons. The van der Waals surface area contributed by atoms with Gasteiger partial charge in [0.25, 0.3) is 11.8 Å². The summed E-state index contributed by atoms with van der Waals surface area (Å²) in [6.45, 7) is 4.16. The van der Waals surface area contributed by atoms with Gasteiger partial charge in [-0.2, -0.15) is 0 Å². The summed E-state index contributed by atoms with van der Waals surface area (Å²) in [5, 5.41) is 2.59. The number of nitrogens with zero attached hydrogens (tertiary/aromatic N) is 1. The molecule has 0 aromatic rings. The van der Waals surface area contributed by atoms with Gasteiger partial charge in [-0.3, -0.25) is 14.4 Å². The van der Waals surface area contributed by atoms with Crippen LogP contribution in [0.3, 0.4) is 0 Å². The van der Waals surface area contributed by atoms with Gasteiger partial charge in [0.15, 0.2) is 0 Å². The lowest BCUT2D eigenvalue weighted by molar-refractivity contribution is -0.143. The van der Waals surface area contributed by atoms with E-state index in [2.05, 4.69) is 11.9 Å². The predicted molar refractivity (Wildman–Crippen MR) is 52.9 cm³/mol. The Kier molecular flexibility index (Phi) is 5.21. The van der Waals surface area contributed by atoms with E-state index in [1.807, 2.05) is 0 Å². The van der Waals surface area contributed by atoms with Gasteiger partial charge < -0.3 is 11.1 Å². The second-order valence-electron chi connectivity index (χ2n) is 2.83. The van der Waals surface area contributed by atoms with Gasteiger partial charge in [-0.1, -0.05) is 6.58 Å². The van der Waals surface area contributed by atoms with Gasteiger partial charge in [0, 0.05) is 5.57 Å². The van der Waals surface area contributed by atoms with E-state index >= 15 is 0 Å². The van der Waals surface area contributed by atoms with Crippen LogP contribution in [-0.4, -0.2) is 35.8 Å². The summed E-state index contributed by atoms with van der Waals surface area (Å²) >= 11 is 0. The molecule has 0 aliphatic carbocycles. The Morgan fingerprint density at radius 3 is 2.33 bits per heavy atom. The first kappa shape index (κ1) is 13.3. The number of hydrazine groups is 1. The van der Waals surface area contributed by atoms with Crippen molar-refractivity contribution in [2.45, 2.75) is 6.92 Å². The van der Waals surface area contributed by atoms with Crippen LogP contribution < -0.4 is 16.9 Å². The number of rotatable bonds is 4. The number of carbonyl (C=O) groups is 3. The van der Waals surface area contributed by atoms with Crippen LogP contribution in [0.5, 0.6) is 0 Å². The highest BCUT2D eigenvalue weighted by atomic mass is 16.2. The summed E-state index contributed by atoms with van der Waals surface area (Å²) in [6, 6.07) is 0. The van der Waals surface area contributed by atoms with Crippen molar-refractivity contribution in [2.75, 3.05) is 13.1 Å². The maximum atomic E-state index is 11.2. The van der Waals surface area contributed by atoms with Crippen molar-refractivity contribution < 1.29 is 14.4 Å². The van der Waals surface area contributed by atoms with Crippen molar-refractivity contribution in [3.8, 4) is 0 Å². The molecule has 0 aromatic carbocycles. The van der Waals surface area contributed by atoms with Crippen LogP contribution in [0, 0.1) is 0 Å². The van der Waals surface area contributed by atoms with E-state index in [0.29, 0.717) is 5.01 Å². The summed E-state index contributed by atoms with van der Waals surface area (Å²) in [5.74, 6) is 3.26. The average molecular weight is 214 g/mol. The van der Waals surface area contributed by atoms with Gasteiger partial charge in [0.05, 0.1) is 13.1 Å². The van der Waals surface area contributed by atoms with E-state index < -0.39 is 17.7 Å². The van der Waals surface area contributed by atoms with Crippen LogP contribution in [0.15, 0.2) is 12.2 Å². The van der Waals surface area contributed by atoms with Gasteiger partial charge in [-0.15, -0.1) is 0 Å². The molecule has 0 bridgehead atoms. The van der Waals surface area contributed by atoms with Crippen LogP contribution in [-0.2, 0) is 14.4 Å². The lowest BCUT2D eigenvalue weighted by atomic mass is 10.3. The van der Waals surface area contributed by atoms with Crippen LogP contribution in [0.4, 0.5) is 0 Å². The fourth-order valence-corrected chi connectivity index (χ4v) is 0.650. The third kappa shape index (κ3) is 4.34. The minimum atomic E-state index is -0.732. The van der Waals surface area contributed by atoms with E-state index in [9.17, 15) is 14.4 Å². The minimum absolute atomic E-state index is 0.135. The monoisotopic (exact) mass is 214 g/mol. The second-order valence-corrected chi connectivity index (χ2v) is 2.83. The summed E-state index contributed by atoms with van der Waals surface area (Å²) < 4.78 is 0. The maximum Gasteiger partial charge on any atom is 0.269 e. The molecule has 5 N–H and O–H groups in total. The molecule has 0 rings (SSSR count). The Bertz CT molecular complexity index is 300. The first-order valence-corrected chi connectivity index (χ1v) is 4.14. The Balaban J connectivity index is 4.16. The van der Waals surface area contributed by atoms with E-state index in [4.69, 9.17) is 11.6 Å². The second kappa shape index (κ2) is 5.89. The van der Waals surface area contributed by atoms with Gasteiger partial charge in [0.1, 0.15) is 0 Å². The summed E-state index contributed by atoms with van der Waals surface area (Å²) in [5.41, 5.74) is 5.13. The zero-order valence-electron chi connectivity index (χ0n) is 8.45. The van der Waals surface area contributed by atoms with E-state index in [1.165, 1.54) is 6.92 Å². The van der Waals surface area contributed by atoms with Gasteiger partial charge >= 0.3 is 0 Å². The standard InChI is InChI=1S/C8H14N4O3/c1-5(2)8(15)12(10)7(14)4-11-6(13)3-9/h1,3-4,9-10H2,2H3,(H,11,13). The molecule has 0 saturated heterocycles. The van der Waals surface area contributed by atoms with Crippen molar-refractivity contribution >= 4 is 17.7 Å². The van der Waals surface area contributed by atoms with Gasteiger partial charge in [0.2, 0.25) is 5.91 Å². The van der Waals surface area contributed by atoms with Crippen LogP contribution >= 0.6 is 0 Å². The molecule has 7 heteroatoms. The Labute approximate surface area is 87.0 Å². The molecule has 0 spiro atoms. The number of amides is 3. The molecule has 0 unspecified atom stereocenters. The third-order valence-electron chi connectivity index (χ3n) is 1.47. The average Bonchev–Trinajstić information content (AvgIpc) is 2.22. The quantitative estimate of drug-likeness (QED) is 0.214. The molecule has 0 atom stereocenters. The molecule has 0 heterocycles. The van der Waals surface area contributed by atoms with Crippen molar-refractivity contribution in [2.24, 2.45) is 11.6 Å². The lowest BCUT2D eigenvalue weighted by Gasteiger charge is -2.14. The molecule has 3 amide bonds. The Morgan fingerprint density at radius 2 is 1.93 bits per heavy atom. The topological polar surface area (TPSA) is 119 Å². The van der Waals surface area contributed by atoms with E-state index in [1.54, 1.807) is 0 Å². The fourth-order valence-electron chi connectivity index (χ4n) is 0.650. The number of carbonyl (C=O) groups excluding carboxylic acids is 3. The molecule has 0 aliphatic heterocycles. The molecule has 0 aromatic heterocycles. The number of imide groups is 1. The predicted octanol–water partition coefficient (Wildman–Crippen LogP) is -2.13. The zero-order valence-corrected chi connectivity index (χ0v) is 8.45. The largest absolute Gasteiger partial charge is 0.346 e. The van der Waals surface area contributed by atoms with Crippen molar-refractivity contribution in [3.63, 3.8) is 0 Å². The van der Waals surface area contributed by atoms with Crippen molar-refractivity contribution in [1.29, 1.82) is 0 Å². The number of nitrogens with two attached hydrogens (primary N) is 2. The van der Waals surface area contributed by atoms with Crippen LogP contribution in [0.2, 0.25) is 0 Å². The smallest absolute Gasteiger partial charge is 0.269 e. The van der Waals surface area contributed by atoms with Gasteiger partial charge in [-0.05, 0) is 6.92 Å². The molecule has 0 aliphatic rings. The molecule has 7 nitrogen and oxygen atoms in total. The highest BCUT2D eigenvalue weighted by molar-refractivity contribution is 6.04. The fraction of sp³-hybridized carbons (Fsp3) is 0.375. The van der Waals surface area contributed by atoms with Crippen molar-refractivity contribution in [3.05, 3.63) is 12.2 Å². The summed E-state index contributed by atoms with van der Waals surface area (Å²) in [7, 11) is 0. The first-order valence-electron chi connectivity index (χ1n) is 4.14. The highest BCUT2D eigenvalue weighted by Crippen LogP contribution is 1.93. The first-order chi connectivity index (χ1) is 6.90. The SMILES string of the molecule is C=C(C)C(=O)N(N)C(=O)CNC(=O)CN. The van der Waals surface area contributed by atoms with Crippen molar-refractivity contribution in [1.82, 2.24) is 10.3 Å². The molecule has 0 radical (unpaired) electrons. The summed E-state index contributed by atoms with van der Waals surface area (Å²) in [4.78, 5) is 33.0. The zero-order chi connectivity index (χ0) is 12.0. The maximum absolute atomic E-state index is 11.2. The molecule has 15 heavy (non-hydrogen) atoms. The number of hydrogen-bond acceptors (Lipinski definition) is 5. The summed E-state index contributed by atoms with van der Waals surface area (Å²) in [6.07, 6.45) is 0. The molecular weight excluding hydrogens is 200 g/mol. The number of nitrogens with one attached hydrogen (secondary N) is 1. The normalized spacial score (nSPS) is 9.27. The van der Waals surface area contributed by atoms with Crippen LogP contribution in [0.1, 0.15) is 6.92 Å². The molecule has 0 saturated carbocycles. The Morgan fingerprint density at radius 1 is 1.40 bits per heavy atom. The Hall–Kier alpha value is -1.73. The lowest BCUT2D eigenvalue weighted by Crippen LogP contribution is -2.48. The van der Waals surface area contributed by atoms with E-state index in [0.717, 1.165) is 0 Å². The van der Waals surface area contributed by atoms with E-state index in [-0.39, 0.29) is 18.7 Å². The molecule has 0 fully saturated rings. The number of hydrogen-bond donors (Lipinski definition) is 3. The third-order valence-corrected chi connectivity index (χ3v) is 1.47.